The predicted molar refractivity (Wildman–Crippen MR) is 154 cm³/mol. The number of allylic oxidation sites excluding steroid dienone is 1. The van der Waals surface area contributed by atoms with E-state index in [0.29, 0.717) is 44.5 Å². The lowest BCUT2D eigenvalue weighted by Crippen LogP contribution is -2.27. The molecule has 8 heteroatoms. The number of halogens is 1. The molecule has 0 spiro atoms. The summed E-state index contributed by atoms with van der Waals surface area (Å²) in [6.45, 7) is 4.82. The number of hydrogen-bond acceptors (Lipinski definition) is 6. The van der Waals surface area contributed by atoms with Crippen molar-refractivity contribution in [3.05, 3.63) is 106 Å². The molecule has 0 aromatic heterocycles. The van der Waals surface area contributed by atoms with Crippen LogP contribution in [0.5, 0.6) is 17.2 Å². The zero-order valence-corrected chi connectivity index (χ0v) is 22.7. The molecule has 37 heavy (non-hydrogen) atoms. The monoisotopic (exact) mass is 551 g/mol. The number of carbonyl (C=O) groups is 1. The van der Waals surface area contributed by atoms with E-state index >= 15 is 0 Å². The van der Waals surface area contributed by atoms with Crippen LogP contribution in [0.2, 0.25) is 5.02 Å². The summed E-state index contributed by atoms with van der Waals surface area (Å²) in [7, 11) is 1.55. The van der Waals surface area contributed by atoms with E-state index < -0.39 is 0 Å². The zero-order valence-electron chi connectivity index (χ0n) is 20.3. The minimum Gasteiger partial charge on any atom is -0.493 e. The topological polar surface area (TPSA) is 48.0 Å². The number of nitrogens with zero attached hydrogens (tertiary/aromatic N) is 1. The lowest BCUT2D eigenvalue weighted by molar-refractivity contribution is -0.122. The van der Waals surface area contributed by atoms with Crippen molar-refractivity contribution in [2.24, 2.45) is 0 Å². The molecule has 1 aliphatic heterocycles. The molecule has 1 aliphatic rings. The van der Waals surface area contributed by atoms with Crippen LogP contribution < -0.4 is 14.2 Å². The highest BCUT2D eigenvalue weighted by Crippen LogP contribution is 2.39. The number of thiocarbonyl (C=S) groups is 1. The van der Waals surface area contributed by atoms with Gasteiger partial charge < -0.3 is 14.2 Å². The smallest absolute Gasteiger partial charge is 0.266 e. The van der Waals surface area contributed by atoms with Crippen molar-refractivity contribution >= 4 is 51.9 Å². The Labute approximate surface area is 231 Å². The Morgan fingerprint density at radius 1 is 1.03 bits per heavy atom. The van der Waals surface area contributed by atoms with Crippen LogP contribution in [0, 0.1) is 0 Å². The Kier molecular flexibility index (Phi) is 9.28. The van der Waals surface area contributed by atoms with E-state index in [4.69, 9.17) is 38.0 Å². The van der Waals surface area contributed by atoms with Crippen molar-refractivity contribution in [3.8, 4) is 17.2 Å². The van der Waals surface area contributed by atoms with Gasteiger partial charge in [0.25, 0.3) is 5.91 Å². The van der Waals surface area contributed by atoms with Gasteiger partial charge in [0, 0.05) is 0 Å². The summed E-state index contributed by atoms with van der Waals surface area (Å²) in [5.41, 5.74) is 2.79. The first-order valence-corrected chi connectivity index (χ1v) is 13.2. The molecule has 4 rings (SSSR count). The summed E-state index contributed by atoms with van der Waals surface area (Å²) in [6, 6.07) is 21.1. The standard InChI is InChI=1S/C29H26ClNO4S2/c1-3-9-22-12-7-8-13-24(22)34-14-15-35-27-23(30)16-21(17-25(27)33-2)18-26-28(32)31(29(36)37-26)19-20-10-5-4-6-11-20/h3-8,10-13,16-18H,1,9,14-15,19H2,2H3/b26-18-. The minimum atomic E-state index is -0.136. The Morgan fingerprint density at radius 3 is 2.51 bits per heavy atom. The number of para-hydroxylation sites is 1. The quantitative estimate of drug-likeness (QED) is 0.111. The number of carbonyl (C=O) groups excluding carboxylic acids is 1. The average Bonchev–Trinajstić information content (AvgIpc) is 3.16. The molecule has 190 valence electrons. The van der Waals surface area contributed by atoms with E-state index in [1.165, 1.54) is 11.8 Å². The molecule has 1 heterocycles. The SMILES string of the molecule is C=CCc1ccccc1OCCOc1c(Cl)cc(/C=C2\SC(=S)N(Cc3ccccc3)C2=O)cc1OC. The third-order valence-electron chi connectivity index (χ3n) is 5.53. The molecule has 3 aromatic rings. The molecular weight excluding hydrogens is 526 g/mol. The first-order valence-electron chi connectivity index (χ1n) is 11.6. The Balaban J connectivity index is 1.42. The van der Waals surface area contributed by atoms with Gasteiger partial charge in [-0.25, -0.2) is 0 Å². The first kappa shape index (κ1) is 26.8. The summed E-state index contributed by atoms with van der Waals surface area (Å²) in [6.07, 6.45) is 4.33. The Bertz CT molecular complexity index is 1330. The molecule has 0 bridgehead atoms. The predicted octanol–water partition coefficient (Wildman–Crippen LogP) is 6.94. The van der Waals surface area contributed by atoms with E-state index in [2.05, 4.69) is 6.58 Å². The van der Waals surface area contributed by atoms with Crippen molar-refractivity contribution < 1.29 is 19.0 Å². The van der Waals surface area contributed by atoms with E-state index in [1.54, 1.807) is 30.2 Å². The van der Waals surface area contributed by atoms with Gasteiger partial charge in [0.05, 0.1) is 23.6 Å². The third-order valence-corrected chi connectivity index (χ3v) is 7.19. The van der Waals surface area contributed by atoms with Gasteiger partial charge in [-0.3, -0.25) is 9.69 Å². The molecule has 1 amide bonds. The van der Waals surface area contributed by atoms with Crippen molar-refractivity contribution in [2.45, 2.75) is 13.0 Å². The van der Waals surface area contributed by atoms with Crippen LogP contribution >= 0.6 is 35.6 Å². The maximum Gasteiger partial charge on any atom is 0.266 e. The van der Waals surface area contributed by atoms with Gasteiger partial charge in [0.2, 0.25) is 0 Å². The molecule has 3 aromatic carbocycles. The number of ether oxygens (including phenoxy) is 3. The van der Waals surface area contributed by atoms with E-state index in [-0.39, 0.29) is 12.5 Å². The number of thioether (sulfide) groups is 1. The van der Waals surface area contributed by atoms with Gasteiger partial charge in [0.1, 0.15) is 23.3 Å². The van der Waals surface area contributed by atoms with Crippen LogP contribution in [0.25, 0.3) is 6.08 Å². The summed E-state index contributed by atoms with van der Waals surface area (Å²) >= 11 is 13.3. The second-order valence-corrected chi connectivity index (χ2v) is 10.2. The van der Waals surface area contributed by atoms with Gasteiger partial charge in [0.15, 0.2) is 11.5 Å². The highest BCUT2D eigenvalue weighted by Gasteiger charge is 2.32. The molecule has 0 unspecified atom stereocenters. The van der Waals surface area contributed by atoms with Crippen LogP contribution in [0.3, 0.4) is 0 Å². The van der Waals surface area contributed by atoms with E-state index in [9.17, 15) is 4.79 Å². The molecule has 0 N–H and O–H groups in total. The fraction of sp³-hybridized carbons (Fsp3) is 0.172. The number of amides is 1. The summed E-state index contributed by atoms with van der Waals surface area (Å²) in [5, 5.41) is 0.373. The van der Waals surface area contributed by atoms with Crippen LogP contribution in [0.4, 0.5) is 0 Å². The summed E-state index contributed by atoms with van der Waals surface area (Å²) in [5.74, 6) is 1.54. The van der Waals surface area contributed by atoms with Gasteiger partial charge >= 0.3 is 0 Å². The number of benzene rings is 3. The van der Waals surface area contributed by atoms with Crippen molar-refractivity contribution in [1.29, 1.82) is 0 Å². The third kappa shape index (κ3) is 6.74. The minimum absolute atomic E-state index is 0.136. The highest BCUT2D eigenvalue weighted by molar-refractivity contribution is 8.26. The molecular formula is C29H26ClNO4S2. The molecule has 0 aliphatic carbocycles. The lowest BCUT2D eigenvalue weighted by atomic mass is 10.1. The van der Waals surface area contributed by atoms with Gasteiger partial charge in [-0.05, 0) is 47.4 Å². The second-order valence-electron chi connectivity index (χ2n) is 8.09. The zero-order chi connectivity index (χ0) is 26.2. The van der Waals surface area contributed by atoms with E-state index in [0.717, 1.165) is 23.3 Å². The largest absolute Gasteiger partial charge is 0.493 e. The number of rotatable bonds is 11. The maximum absolute atomic E-state index is 13.0. The number of hydrogen-bond donors (Lipinski definition) is 0. The van der Waals surface area contributed by atoms with Crippen LogP contribution in [-0.2, 0) is 17.8 Å². The molecule has 0 saturated carbocycles. The highest BCUT2D eigenvalue weighted by atomic mass is 35.5. The summed E-state index contributed by atoms with van der Waals surface area (Å²) < 4.78 is 17.8. The fourth-order valence-electron chi connectivity index (χ4n) is 3.78. The molecule has 1 saturated heterocycles. The van der Waals surface area contributed by atoms with Crippen LogP contribution in [0.1, 0.15) is 16.7 Å². The van der Waals surface area contributed by atoms with Crippen LogP contribution in [0.15, 0.2) is 84.3 Å². The van der Waals surface area contributed by atoms with Crippen molar-refractivity contribution in [1.82, 2.24) is 4.90 Å². The Hall–Kier alpha value is -3.26. The average molecular weight is 552 g/mol. The van der Waals surface area contributed by atoms with Crippen LogP contribution in [-0.4, -0.2) is 35.5 Å². The van der Waals surface area contributed by atoms with Crippen molar-refractivity contribution in [3.63, 3.8) is 0 Å². The lowest BCUT2D eigenvalue weighted by Gasteiger charge is -2.15. The van der Waals surface area contributed by atoms with Gasteiger partial charge in [-0.2, -0.15) is 0 Å². The normalized spacial score (nSPS) is 14.2. The van der Waals surface area contributed by atoms with Gasteiger partial charge in [-0.15, -0.1) is 6.58 Å². The fourth-order valence-corrected chi connectivity index (χ4v) is 5.31. The maximum atomic E-state index is 13.0. The summed E-state index contributed by atoms with van der Waals surface area (Å²) in [4.78, 5) is 15.2. The first-order chi connectivity index (χ1) is 18.0. The molecule has 5 nitrogen and oxygen atoms in total. The van der Waals surface area contributed by atoms with Crippen molar-refractivity contribution in [2.75, 3.05) is 20.3 Å². The molecule has 0 atom stereocenters. The van der Waals surface area contributed by atoms with E-state index in [1.807, 2.05) is 60.7 Å². The molecule has 0 radical (unpaired) electrons. The molecule has 1 fully saturated rings. The second kappa shape index (κ2) is 12.8. The van der Waals surface area contributed by atoms with Gasteiger partial charge in [-0.1, -0.05) is 90.2 Å². The number of methoxy groups -OCH3 is 1. The Morgan fingerprint density at radius 2 is 1.76 bits per heavy atom.